The molecule has 2 aromatic carbocycles. The van der Waals surface area contributed by atoms with E-state index in [9.17, 15) is 24.0 Å². The lowest BCUT2D eigenvalue weighted by Crippen LogP contribution is -2.54. The Bertz CT molecular complexity index is 1290. The van der Waals surface area contributed by atoms with Gasteiger partial charge in [-0.2, -0.15) is 0 Å². The van der Waals surface area contributed by atoms with Crippen molar-refractivity contribution in [1.82, 2.24) is 10.2 Å². The zero-order chi connectivity index (χ0) is 30.4. The van der Waals surface area contributed by atoms with Crippen LogP contribution in [0.3, 0.4) is 0 Å². The normalized spacial score (nSPS) is 16.3. The second-order valence-electron chi connectivity index (χ2n) is 9.55. The molecule has 0 spiro atoms. The first kappa shape index (κ1) is 31.8. The van der Waals surface area contributed by atoms with Crippen LogP contribution in [0.25, 0.3) is 0 Å². The van der Waals surface area contributed by atoms with Gasteiger partial charge in [-0.25, -0.2) is 4.79 Å². The van der Waals surface area contributed by atoms with Gasteiger partial charge >= 0.3 is 5.97 Å². The molecule has 1 fully saturated rings. The third-order valence-electron chi connectivity index (χ3n) is 6.62. The van der Waals surface area contributed by atoms with Crippen LogP contribution in [0.2, 0.25) is 0 Å². The number of benzene rings is 2. The summed E-state index contributed by atoms with van der Waals surface area (Å²) in [5.74, 6) is -2.56. The zero-order valence-corrected chi connectivity index (χ0v) is 23.7. The number of hydrogen-bond donors (Lipinski definition) is 2. The minimum atomic E-state index is -1.01. The highest BCUT2D eigenvalue weighted by Gasteiger charge is 2.45. The van der Waals surface area contributed by atoms with Gasteiger partial charge in [0.05, 0.1) is 69.5 Å². The van der Waals surface area contributed by atoms with Crippen molar-refractivity contribution in [3.63, 3.8) is 0 Å². The van der Waals surface area contributed by atoms with Crippen LogP contribution < -0.4 is 10.6 Å². The number of esters is 1. The summed E-state index contributed by atoms with van der Waals surface area (Å²) in [5, 5.41) is 5.31. The first-order valence-corrected chi connectivity index (χ1v) is 14.1. The highest BCUT2D eigenvalue weighted by molar-refractivity contribution is 6.25. The maximum atomic E-state index is 13.1. The molecule has 2 aliphatic heterocycles. The Balaban J connectivity index is 1.01. The second kappa shape index (κ2) is 16.5. The third kappa shape index (κ3) is 8.91. The minimum absolute atomic E-state index is 0.0647. The maximum Gasteiger partial charge on any atom is 0.338 e. The molecular weight excluding hydrogens is 562 g/mol. The summed E-state index contributed by atoms with van der Waals surface area (Å²) < 4.78 is 27.0. The maximum absolute atomic E-state index is 13.1. The molecule has 2 heterocycles. The molecule has 2 aliphatic rings. The van der Waals surface area contributed by atoms with E-state index in [1.807, 2.05) is 6.07 Å². The van der Waals surface area contributed by atoms with Crippen molar-refractivity contribution in [1.29, 1.82) is 0 Å². The van der Waals surface area contributed by atoms with Gasteiger partial charge in [-0.05, 0) is 30.7 Å². The molecule has 43 heavy (non-hydrogen) atoms. The number of rotatable bonds is 18. The average Bonchev–Trinajstić information content (AvgIpc) is 3.27. The Morgan fingerprint density at radius 2 is 1.40 bits per heavy atom. The van der Waals surface area contributed by atoms with E-state index >= 15 is 0 Å². The summed E-state index contributed by atoms with van der Waals surface area (Å²) in [6.07, 6.45) is 0.167. The SMILES string of the molecule is O=C1CCC(N2C(=O)c3cccc(NCCOCCOCCOCCOCCOC(=O)c4ccccc4)c3C2=O)C(=O)N1. The lowest BCUT2D eigenvalue weighted by molar-refractivity contribution is -0.136. The van der Waals surface area contributed by atoms with E-state index in [1.165, 1.54) is 0 Å². The van der Waals surface area contributed by atoms with Crippen LogP contribution in [-0.2, 0) is 33.3 Å². The number of carbonyl (C=O) groups excluding carboxylic acids is 5. The number of nitrogens with zero attached hydrogens (tertiary/aromatic N) is 1. The van der Waals surface area contributed by atoms with Crippen molar-refractivity contribution < 1.29 is 47.7 Å². The number of hydrogen-bond acceptors (Lipinski definition) is 11. The molecule has 0 saturated carbocycles. The van der Waals surface area contributed by atoms with Crippen molar-refractivity contribution in [2.24, 2.45) is 0 Å². The van der Waals surface area contributed by atoms with Gasteiger partial charge in [-0.15, -0.1) is 0 Å². The van der Waals surface area contributed by atoms with Gasteiger partial charge in [-0.3, -0.25) is 29.4 Å². The summed E-state index contributed by atoms with van der Waals surface area (Å²) in [7, 11) is 0. The van der Waals surface area contributed by atoms with E-state index < -0.39 is 29.7 Å². The van der Waals surface area contributed by atoms with E-state index in [0.29, 0.717) is 64.0 Å². The number of amides is 4. The Hall–Kier alpha value is -4.17. The van der Waals surface area contributed by atoms with Crippen LogP contribution in [0.5, 0.6) is 0 Å². The second-order valence-corrected chi connectivity index (χ2v) is 9.55. The quantitative estimate of drug-likeness (QED) is 0.145. The molecule has 13 heteroatoms. The van der Waals surface area contributed by atoms with Gasteiger partial charge in [0.1, 0.15) is 12.6 Å². The molecule has 1 unspecified atom stereocenters. The van der Waals surface area contributed by atoms with E-state index in [1.54, 1.807) is 42.5 Å². The molecule has 2 aromatic rings. The number of fused-ring (bicyclic) bond motifs is 1. The molecule has 4 amide bonds. The Morgan fingerprint density at radius 3 is 2.05 bits per heavy atom. The van der Waals surface area contributed by atoms with Gasteiger partial charge in [0.25, 0.3) is 11.8 Å². The molecule has 1 saturated heterocycles. The van der Waals surface area contributed by atoms with Crippen molar-refractivity contribution in [2.45, 2.75) is 18.9 Å². The Kier molecular flexibility index (Phi) is 12.2. The first-order chi connectivity index (χ1) is 21.0. The fourth-order valence-corrected chi connectivity index (χ4v) is 4.53. The molecule has 0 radical (unpaired) electrons. The zero-order valence-electron chi connectivity index (χ0n) is 23.7. The summed E-state index contributed by atoms with van der Waals surface area (Å²) >= 11 is 0. The number of ether oxygens (including phenoxy) is 5. The van der Waals surface area contributed by atoms with Gasteiger partial charge in [0.2, 0.25) is 11.8 Å². The number of carbonyl (C=O) groups is 5. The van der Waals surface area contributed by atoms with Crippen LogP contribution in [0.1, 0.15) is 43.9 Å². The summed E-state index contributed by atoms with van der Waals surface area (Å²) in [6.45, 7) is 3.46. The monoisotopic (exact) mass is 597 g/mol. The lowest BCUT2D eigenvalue weighted by Gasteiger charge is -2.27. The van der Waals surface area contributed by atoms with Gasteiger partial charge in [0.15, 0.2) is 0 Å². The third-order valence-corrected chi connectivity index (χ3v) is 6.62. The summed E-state index contributed by atoms with van der Waals surface area (Å²) in [6, 6.07) is 12.6. The van der Waals surface area contributed by atoms with Crippen LogP contribution in [0.15, 0.2) is 48.5 Å². The molecule has 230 valence electrons. The lowest BCUT2D eigenvalue weighted by atomic mass is 10.0. The van der Waals surface area contributed by atoms with Gasteiger partial charge in [-0.1, -0.05) is 24.3 Å². The first-order valence-electron chi connectivity index (χ1n) is 14.1. The topological polar surface area (TPSA) is 159 Å². The molecule has 0 bridgehead atoms. The molecule has 2 N–H and O–H groups in total. The number of imide groups is 2. The van der Waals surface area contributed by atoms with Crippen LogP contribution in [-0.4, -0.2) is 107 Å². The largest absolute Gasteiger partial charge is 0.460 e. The van der Waals surface area contributed by atoms with Crippen LogP contribution >= 0.6 is 0 Å². The van der Waals surface area contributed by atoms with Crippen LogP contribution in [0, 0.1) is 0 Å². The molecule has 13 nitrogen and oxygen atoms in total. The van der Waals surface area contributed by atoms with Crippen molar-refractivity contribution in [3.05, 3.63) is 65.2 Å². The Labute approximate surface area is 248 Å². The Morgan fingerprint density at radius 1 is 0.767 bits per heavy atom. The molecule has 0 aromatic heterocycles. The summed E-state index contributed by atoms with van der Waals surface area (Å²) in [5.41, 5.74) is 1.39. The van der Waals surface area contributed by atoms with E-state index in [0.717, 1.165) is 4.90 Å². The van der Waals surface area contributed by atoms with Crippen molar-refractivity contribution in [2.75, 3.05) is 71.3 Å². The molecule has 1 atom stereocenters. The smallest absolute Gasteiger partial charge is 0.338 e. The van der Waals surface area contributed by atoms with E-state index in [4.69, 9.17) is 23.7 Å². The summed E-state index contributed by atoms with van der Waals surface area (Å²) in [4.78, 5) is 62.5. The fraction of sp³-hybridized carbons (Fsp3) is 0.433. The molecular formula is C30H35N3O10. The highest BCUT2D eigenvalue weighted by Crippen LogP contribution is 2.32. The van der Waals surface area contributed by atoms with E-state index in [-0.39, 0.29) is 43.2 Å². The number of nitrogens with one attached hydrogen (secondary N) is 2. The predicted molar refractivity (Wildman–Crippen MR) is 152 cm³/mol. The fourth-order valence-electron chi connectivity index (χ4n) is 4.53. The van der Waals surface area contributed by atoms with Crippen molar-refractivity contribution >= 4 is 35.3 Å². The van der Waals surface area contributed by atoms with Crippen molar-refractivity contribution in [3.8, 4) is 0 Å². The average molecular weight is 598 g/mol. The number of piperidine rings is 1. The van der Waals surface area contributed by atoms with Gasteiger partial charge < -0.3 is 29.0 Å². The highest BCUT2D eigenvalue weighted by atomic mass is 16.6. The number of anilines is 1. The van der Waals surface area contributed by atoms with E-state index in [2.05, 4.69) is 10.6 Å². The standard InChI is InChI=1S/C30H35N3O10/c34-25-10-9-24(27(35)32-25)33-28(36)22-7-4-8-23(26(22)29(33)37)31-11-12-39-13-14-40-15-16-41-17-18-42-19-20-43-30(38)21-5-2-1-3-6-21/h1-8,24,31H,9-20H2,(H,32,34,35). The predicted octanol–water partition coefficient (Wildman–Crippen LogP) is 1.42. The van der Waals surface area contributed by atoms with Gasteiger partial charge in [0, 0.05) is 18.7 Å². The van der Waals surface area contributed by atoms with Crippen LogP contribution in [0.4, 0.5) is 5.69 Å². The molecule has 4 rings (SSSR count). The molecule has 0 aliphatic carbocycles. The minimum Gasteiger partial charge on any atom is -0.460 e.